The van der Waals surface area contributed by atoms with Gasteiger partial charge >= 0.3 is 27.7 Å². The van der Waals surface area contributed by atoms with Crippen LogP contribution in [0.2, 0.25) is 0 Å². The summed E-state index contributed by atoms with van der Waals surface area (Å²) in [5.41, 5.74) is 3.02. The number of aryl methyl sites for hydroxylation is 2. The third-order valence-corrected chi connectivity index (χ3v) is 6.28. The minimum atomic E-state index is -5.32. The van der Waals surface area contributed by atoms with E-state index in [0.29, 0.717) is 24.3 Å². The van der Waals surface area contributed by atoms with Crippen molar-refractivity contribution >= 4 is 43.7 Å². The smallest absolute Gasteiger partial charge is 0.475 e. The normalized spacial score (nSPS) is 12.5. The molecule has 37 heavy (non-hydrogen) atoms. The molecule has 4 N–H and O–H groups in total. The Kier molecular flexibility index (Phi) is 9.71. The van der Waals surface area contributed by atoms with E-state index >= 15 is 0 Å². The number of fused-ring (bicyclic) bond motifs is 3. The highest BCUT2D eigenvalue weighted by Crippen LogP contribution is 2.29. The molecule has 0 bridgehead atoms. The summed E-state index contributed by atoms with van der Waals surface area (Å²) in [6.07, 6.45) is -1.71. The van der Waals surface area contributed by atoms with E-state index in [4.69, 9.17) is 15.6 Å². The summed E-state index contributed by atoms with van der Waals surface area (Å²) >= 11 is 0. The van der Waals surface area contributed by atoms with Crippen molar-refractivity contribution in [3.63, 3.8) is 0 Å². The summed E-state index contributed by atoms with van der Waals surface area (Å²) in [6.45, 7) is 2.27. The summed E-state index contributed by atoms with van der Waals surface area (Å²) in [4.78, 5) is 18.0. The number of sulfonamides is 1. The molecular formula is C21H25F6N5O4S. The van der Waals surface area contributed by atoms with Crippen LogP contribution in [0.15, 0.2) is 24.3 Å². The second-order valence-electron chi connectivity index (χ2n) is 7.85. The first-order valence-corrected chi connectivity index (χ1v) is 12.5. The molecule has 0 amide bonds. The minimum Gasteiger partial charge on any atom is -0.475 e. The number of rotatable bonds is 9. The predicted molar refractivity (Wildman–Crippen MR) is 124 cm³/mol. The zero-order valence-corrected chi connectivity index (χ0v) is 20.3. The van der Waals surface area contributed by atoms with E-state index in [-0.39, 0.29) is 13.0 Å². The van der Waals surface area contributed by atoms with Crippen molar-refractivity contribution in [3.05, 3.63) is 30.1 Å². The molecule has 3 rings (SSSR count). The molecule has 0 aliphatic heterocycles. The van der Waals surface area contributed by atoms with Crippen LogP contribution in [0.1, 0.15) is 38.4 Å². The Morgan fingerprint density at radius 1 is 1.08 bits per heavy atom. The molecule has 0 saturated carbocycles. The zero-order chi connectivity index (χ0) is 28.0. The SMILES string of the molecule is CCCCc1nc2c(N)nc3ccccc3c2n1CCCCNS(=O)(=O)C(F)(F)F.O=C(O)C(F)(F)F. The highest BCUT2D eigenvalue weighted by atomic mass is 32.2. The van der Waals surface area contributed by atoms with Crippen LogP contribution in [0.3, 0.4) is 0 Å². The molecule has 0 spiro atoms. The average Bonchev–Trinajstić information content (AvgIpc) is 3.15. The molecule has 0 aliphatic carbocycles. The third kappa shape index (κ3) is 7.67. The number of nitrogen functional groups attached to an aromatic ring is 1. The van der Waals surface area contributed by atoms with Crippen molar-refractivity contribution in [2.45, 2.75) is 57.3 Å². The number of carboxylic acids is 1. The molecule has 0 unspecified atom stereocenters. The highest BCUT2D eigenvalue weighted by molar-refractivity contribution is 7.90. The van der Waals surface area contributed by atoms with Crippen molar-refractivity contribution in [3.8, 4) is 0 Å². The van der Waals surface area contributed by atoms with E-state index in [0.717, 1.165) is 41.5 Å². The molecule has 16 heteroatoms. The molecule has 2 aromatic heterocycles. The quantitative estimate of drug-likeness (QED) is 0.262. The number of aliphatic carboxylic acids is 1. The molecule has 0 fully saturated rings. The Balaban J connectivity index is 0.000000604. The maximum Gasteiger partial charge on any atom is 0.511 e. The van der Waals surface area contributed by atoms with Crippen LogP contribution in [0.4, 0.5) is 32.2 Å². The lowest BCUT2D eigenvalue weighted by molar-refractivity contribution is -0.192. The zero-order valence-electron chi connectivity index (χ0n) is 19.5. The van der Waals surface area contributed by atoms with Crippen molar-refractivity contribution in [1.82, 2.24) is 19.3 Å². The van der Waals surface area contributed by atoms with Crippen LogP contribution in [0, 0.1) is 0 Å². The van der Waals surface area contributed by atoms with Gasteiger partial charge in [-0.25, -0.2) is 27.9 Å². The van der Waals surface area contributed by atoms with Gasteiger partial charge in [-0.2, -0.15) is 26.3 Å². The Bertz CT molecular complexity index is 1340. The number of nitrogens with zero attached hydrogens (tertiary/aromatic N) is 3. The summed E-state index contributed by atoms with van der Waals surface area (Å²) in [5, 5.41) is 8.02. The van der Waals surface area contributed by atoms with Crippen molar-refractivity contribution in [1.29, 1.82) is 0 Å². The summed E-state index contributed by atoms with van der Waals surface area (Å²) in [5.74, 6) is -1.58. The first-order valence-electron chi connectivity index (χ1n) is 11.0. The Labute approximate surface area is 207 Å². The first kappa shape index (κ1) is 30.1. The van der Waals surface area contributed by atoms with Crippen LogP contribution in [-0.2, 0) is 27.8 Å². The van der Waals surface area contributed by atoms with Crippen LogP contribution in [0.25, 0.3) is 21.9 Å². The molecule has 0 radical (unpaired) electrons. The molecular weight excluding hydrogens is 532 g/mol. The number of hydrogen-bond acceptors (Lipinski definition) is 6. The lowest BCUT2D eigenvalue weighted by Crippen LogP contribution is -2.36. The van der Waals surface area contributed by atoms with E-state index in [2.05, 4.69) is 16.9 Å². The van der Waals surface area contributed by atoms with E-state index in [1.165, 1.54) is 0 Å². The highest BCUT2D eigenvalue weighted by Gasteiger charge is 2.45. The topological polar surface area (TPSA) is 140 Å². The van der Waals surface area contributed by atoms with Gasteiger partial charge in [0.05, 0.1) is 11.0 Å². The lowest BCUT2D eigenvalue weighted by Gasteiger charge is -2.12. The van der Waals surface area contributed by atoms with Crippen LogP contribution >= 0.6 is 0 Å². The number of unbranched alkanes of at least 4 members (excludes halogenated alkanes) is 2. The number of nitrogens with two attached hydrogens (primary N) is 1. The van der Waals surface area contributed by atoms with Gasteiger partial charge in [-0.15, -0.1) is 0 Å². The Morgan fingerprint density at radius 3 is 2.27 bits per heavy atom. The third-order valence-electron chi connectivity index (χ3n) is 5.09. The van der Waals surface area contributed by atoms with Gasteiger partial charge in [0.1, 0.15) is 11.3 Å². The molecule has 206 valence electrons. The van der Waals surface area contributed by atoms with Gasteiger partial charge in [0.25, 0.3) is 0 Å². The van der Waals surface area contributed by atoms with Crippen LogP contribution < -0.4 is 10.5 Å². The molecule has 2 heterocycles. The maximum atomic E-state index is 12.4. The van der Waals surface area contributed by atoms with Gasteiger partial charge in [0, 0.05) is 24.9 Å². The number of hydrogen-bond donors (Lipinski definition) is 3. The molecule has 0 atom stereocenters. The van der Waals surface area contributed by atoms with Gasteiger partial charge < -0.3 is 15.4 Å². The van der Waals surface area contributed by atoms with Gasteiger partial charge in [-0.1, -0.05) is 31.5 Å². The number of anilines is 1. The number of benzene rings is 1. The molecule has 1 aromatic carbocycles. The van der Waals surface area contributed by atoms with Crippen molar-refractivity contribution in [2.24, 2.45) is 0 Å². The maximum absolute atomic E-state index is 12.4. The number of carboxylic acid groups (broad SMARTS) is 1. The monoisotopic (exact) mass is 557 g/mol. The minimum absolute atomic E-state index is 0.251. The number of alkyl halides is 6. The number of pyridine rings is 1. The first-order chi connectivity index (χ1) is 17.1. The predicted octanol–water partition coefficient (Wildman–Crippen LogP) is 4.36. The molecule has 3 aromatic rings. The van der Waals surface area contributed by atoms with Gasteiger partial charge in [-0.05, 0) is 25.3 Å². The van der Waals surface area contributed by atoms with Crippen molar-refractivity contribution < 1.29 is 44.7 Å². The second kappa shape index (κ2) is 11.9. The standard InChI is InChI=1S/C19H24F3N5O2S.C2HF3O2/c1-2-3-10-15-26-16-17(13-8-4-5-9-14(13)25-18(16)23)27(15)12-7-6-11-24-30(28,29)19(20,21)22;3-2(4,5)1(6)7/h4-5,8-9,24H,2-3,6-7,10-12H2,1H3,(H2,23,25);(H,6,7). The average molecular weight is 558 g/mol. The van der Waals surface area contributed by atoms with Crippen molar-refractivity contribution in [2.75, 3.05) is 12.3 Å². The fourth-order valence-corrected chi connectivity index (χ4v) is 3.93. The van der Waals surface area contributed by atoms with Crippen LogP contribution in [-0.4, -0.2) is 52.3 Å². The molecule has 9 nitrogen and oxygen atoms in total. The van der Waals surface area contributed by atoms with E-state index < -0.39 is 27.7 Å². The summed E-state index contributed by atoms with van der Waals surface area (Å²) in [7, 11) is -5.32. The molecule has 0 saturated heterocycles. The van der Waals surface area contributed by atoms with Gasteiger partial charge in [-0.3, -0.25) is 0 Å². The second-order valence-corrected chi connectivity index (χ2v) is 9.61. The number of nitrogens with one attached hydrogen (secondary N) is 1. The number of carbonyl (C=O) groups is 1. The van der Waals surface area contributed by atoms with E-state index in [1.807, 2.05) is 28.8 Å². The Morgan fingerprint density at radius 2 is 1.70 bits per heavy atom. The number of halogens is 6. The number of aromatic nitrogens is 3. The van der Waals surface area contributed by atoms with Crippen LogP contribution in [0.5, 0.6) is 0 Å². The largest absolute Gasteiger partial charge is 0.511 e. The Hall–Kier alpha value is -3.14. The summed E-state index contributed by atoms with van der Waals surface area (Å²) in [6, 6.07) is 7.56. The van der Waals surface area contributed by atoms with E-state index in [9.17, 15) is 34.8 Å². The number of para-hydroxylation sites is 1. The summed E-state index contributed by atoms with van der Waals surface area (Å²) < 4.78 is 94.8. The van der Waals surface area contributed by atoms with Gasteiger partial charge in [0.15, 0.2) is 5.82 Å². The number of imidazole rings is 1. The fraction of sp³-hybridized carbons (Fsp3) is 0.476. The lowest BCUT2D eigenvalue weighted by atomic mass is 10.2. The van der Waals surface area contributed by atoms with Gasteiger partial charge in [0.2, 0.25) is 0 Å². The fourth-order valence-electron chi connectivity index (χ4n) is 3.35. The van der Waals surface area contributed by atoms with E-state index in [1.54, 1.807) is 4.72 Å². The molecule has 0 aliphatic rings.